The molecule has 0 amide bonds. The van der Waals surface area contributed by atoms with E-state index in [1.807, 2.05) is 0 Å². The number of thiophene rings is 1. The summed E-state index contributed by atoms with van der Waals surface area (Å²) in [6, 6.07) is 4.43. The summed E-state index contributed by atoms with van der Waals surface area (Å²) in [5.41, 5.74) is 2.50. The van der Waals surface area contributed by atoms with Gasteiger partial charge in [-0.1, -0.05) is 13.8 Å². The standard InChI is InChI=1S/C14H17Br2NOS/c1-3-6-17-13(9-5-7-18-11(9)4-2)10-8-12(15)19-14(10)16/h5,7-8,13,17H,3-4,6H2,1-2H3. The van der Waals surface area contributed by atoms with E-state index in [9.17, 15) is 0 Å². The number of hydrogen-bond donors (Lipinski definition) is 1. The predicted molar refractivity (Wildman–Crippen MR) is 87.9 cm³/mol. The number of furan rings is 1. The first kappa shape index (κ1) is 15.3. The summed E-state index contributed by atoms with van der Waals surface area (Å²) >= 11 is 8.92. The van der Waals surface area contributed by atoms with Crippen molar-refractivity contribution in [3.8, 4) is 0 Å². The van der Waals surface area contributed by atoms with Crippen LogP contribution in [-0.4, -0.2) is 6.54 Å². The molecule has 0 aliphatic carbocycles. The first-order valence-corrected chi connectivity index (χ1v) is 8.82. The molecule has 0 aromatic carbocycles. The molecule has 2 heterocycles. The van der Waals surface area contributed by atoms with Gasteiger partial charge in [0.05, 0.1) is 19.9 Å². The third-order valence-electron chi connectivity index (χ3n) is 3.00. The molecule has 1 atom stereocenters. The molecular weight excluding hydrogens is 390 g/mol. The summed E-state index contributed by atoms with van der Waals surface area (Å²) in [7, 11) is 0. The number of nitrogens with one attached hydrogen (secondary N) is 1. The molecule has 1 N–H and O–H groups in total. The fraction of sp³-hybridized carbons (Fsp3) is 0.429. The molecule has 2 aromatic rings. The van der Waals surface area contributed by atoms with Crippen LogP contribution in [0.5, 0.6) is 0 Å². The Labute approximate surface area is 134 Å². The minimum absolute atomic E-state index is 0.186. The summed E-state index contributed by atoms with van der Waals surface area (Å²) in [5, 5.41) is 3.61. The van der Waals surface area contributed by atoms with E-state index >= 15 is 0 Å². The number of hydrogen-bond acceptors (Lipinski definition) is 3. The van der Waals surface area contributed by atoms with E-state index in [1.54, 1.807) is 17.6 Å². The summed E-state index contributed by atoms with van der Waals surface area (Å²) < 4.78 is 7.88. The maximum Gasteiger partial charge on any atom is 0.108 e. The Morgan fingerprint density at radius 1 is 1.32 bits per heavy atom. The molecule has 0 radical (unpaired) electrons. The van der Waals surface area contributed by atoms with Crippen molar-refractivity contribution in [2.24, 2.45) is 0 Å². The average Bonchev–Trinajstić information content (AvgIpc) is 2.97. The molecule has 0 spiro atoms. The Bertz CT molecular complexity index is 535. The van der Waals surface area contributed by atoms with Gasteiger partial charge in [0.2, 0.25) is 0 Å². The van der Waals surface area contributed by atoms with Crippen molar-refractivity contribution in [3.05, 3.63) is 42.9 Å². The second-order valence-electron chi connectivity index (χ2n) is 4.32. The normalized spacial score (nSPS) is 12.8. The van der Waals surface area contributed by atoms with E-state index in [1.165, 1.54) is 11.1 Å². The monoisotopic (exact) mass is 405 g/mol. The molecule has 2 aromatic heterocycles. The molecule has 0 fully saturated rings. The van der Waals surface area contributed by atoms with E-state index in [2.05, 4.69) is 63.2 Å². The van der Waals surface area contributed by atoms with Crippen molar-refractivity contribution < 1.29 is 4.42 Å². The lowest BCUT2D eigenvalue weighted by Crippen LogP contribution is -2.23. The van der Waals surface area contributed by atoms with Crippen molar-refractivity contribution in [3.63, 3.8) is 0 Å². The average molecular weight is 407 g/mol. The first-order chi connectivity index (χ1) is 9.17. The smallest absolute Gasteiger partial charge is 0.108 e. The quantitative estimate of drug-likeness (QED) is 0.683. The zero-order chi connectivity index (χ0) is 13.8. The van der Waals surface area contributed by atoms with Gasteiger partial charge in [-0.25, -0.2) is 0 Å². The highest BCUT2D eigenvalue weighted by Gasteiger charge is 2.22. The minimum atomic E-state index is 0.186. The summed E-state index contributed by atoms with van der Waals surface area (Å²) in [6.07, 6.45) is 3.80. The first-order valence-electron chi connectivity index (χ1n) is 6.41. The number of aryl methyl sites for hydroxylation is 1. The van der Waals surface area contributed by atoms with E-state index in [4.69, 9.17) is 4.42 Å². The van der Waals surface area contributed by atoms with Crippen LogP contribution in [0, 0.1) is 0 Å². The maximum atomic E-state index is 5.58. The highest BCUT2D eigenvalue weighted by atomic mass is 79.9. The molecule has 104 valence electrons. The lowest BCUT2D eigenvalue weighted by atomic mass is 10.0. The minimum Gasteiger partial charge on any atom is -0.469 e. The SMILES string of the molecule is CCCNC(c1ccoc1CC)c1cc(Br)sc1Br. The topological polar surface area (TPSA) is 25.2 Å². The van der Waals surface area contributed by atoms with Crippen LogP contribution in [0.1, 0.15) is 43.2 Å². The Morgan fingerprint density at radius 2 is 2.11 bits per heavy atom. The van der Waals surface area contributed by atoms with Crippen LogP contribution >= 0.6 is 43.2 Å². The van der Waals surface area contributed by atoms with Crippen LogP contribution < -0.4 is 5.32 Å². The molecule has 5 heteroatoms. The van der Waals surface area contributed by atoms with Crippen LogP contribution in [0.3, 0.4) is 0 Å². The van der Waals surface area contributed by atoms with Gasteiger partial charge in [0, 0.05) is 12.0 Å². The van der Waals surface area contributed by atoms with Crippen molar-refractivity contribution in [2.45, 2.75) is 32.7 Å². The van der Waals surface area contributed by atoms with Gasteiger partial charge < -0.3 is 9.73 Å². The van der Waals surface area contributed by atoms with Crippen molar-refractivity contribution in [1.82, 2.24) is 5.32 Å². The lowest BCUT2D eigenvalue weighted by Gasteiger charge is -2.18. The molecule has 0 saturated carbocycles. The van der Waals surface area contributed by atoms with Crippen molar-refractivity contribution in [2.75, 3.05) is 6.54 Å². The fourth-order valence-corrected chi connectivity index (χ4v) is 5.02. The van der Waals surface area contributed by atoms with Gasteiger partial charge in [-0.05, 0) is 62.5 Å². The number of rotatable bonds is 6. The summed E-state index contributed by atoms with van der Waals surface area (Å²) in [5.74, 6) is 1.06. The maximum absolute atomic E-state index is 5.58. The zero-order valence-corrected chi connectivity index (χ0v) is 15.0. The molecule has 2 rings (SSSR count). The Kier molecular flexibility index (Phi) is 5.69. The van der Waals surface area contributed by atoms with E-state index in [0.717, 1.165) is 32.7 Å². The van der Waals surface area contributed by atoms with Crippen LogP contribution in [0.4, 0.5) is 0 Å². The highest BCUT2D eigenvalue weighted by molar-refractivity contribution is 9.12. The van der Waals surface area contributed by atoms with Crippen LogP contribution in [0.25, 0.3) is 0 Å². The Hall–Kier alpha value is -0.100. The van der Waals surface area contributed by atoms with E-state index < -0.39 is 0 Å². The van der Waals surface area contributed by atoms with Crippen LogP contribution in [0.2, 0.25) is 0 Å². The van der Waals surface area contributed by atoms with Gasteiger partial charge in [-0.3, -0.25) is 0 Å². The molecule has 0 saturated heterocycles. The zero-order valence-electron chi connectivity index (χ0n) is 11.0. The summed E-state index contributed by atoms with van der Waals surface area (Å²) in [6.45, 7) is 5.29. The third-order valence-corrected chi connectivity index (χ3v) is 5.39. The second-order valence-corrected chi connectivity index (χ2v) is 8.07. The Balaban J connectivity index is 2.38. The molecule has 0 aliphatic heterocycles. The molecule has 19 heavy (non-hydrogen) atoms. The lowest BCUT2D eigenvalue weighted by molar-refractivity contribution is 0.500. The highest BCUT2D eigenvalue weighted by Crippen LogP contribution is 2.38. The van der Waals surface area contributed by atoms with Gasteiger partial charge in [0.25, 0.3) is 0 Å². The predicted octanol–water partition coefficient (Wildman–Crippen LogP) is 5.52. The second kappa shape index (κ2) is 7.07. The van der Waals surface area contributed by atoms with E-state index in [0.29, 0.717) is 0 Å². The molecule has 1 unspecified atom stereocenters. The van der Waals surface area contributed by atoms with Crippen molar-refractivity contribution in [1.29, 1.82) is 0 Å². The number of halogens is 2. The molecule has 0 bridgehead atoms. The van der Waals surface area contributed by atoms with Gasteiger partial charge >= 0.3 is 0 Å². The molecule has 0 aliphatic rings. The molecular formula is C14H17Br2NOS. The largest absolute Gasteiger partial charge is 0.469 e. The van der Waals surface area contributed by atoms with E-state index in [-0.39, 0.29) is 6.04 Å². The molecule has 2 nitrogen and oxygen atoms in total. The third kappa shape index (κ3) is 3.51. The van der Waals surface area contributed by atoms with Crippen molar-refractivity contribution >= 4 is 43.2 Å². The van der Waals surface area contributed by atoms with Gasteiger partial charge in [-0.2, -0.15) is 0 Å². The summed E-state index contributed by atoms with van der Waals surface area (Å²) in [4.78, 5) is 0. The Morgan fingerprint density at radius 3 is 2.68 bits per heavy atom. The fourth-order valence-electron chi connectivity index (χ4n) is 2.12. The van der Waals surface area contributed by atoms with Crippen LogP contribution in [-0.2, 0) is 6.42 Å². The van der Waals surface area contributed by atoms with Crippen LogP contribution in [0.15, 0.2) is 30.4 Å². The van der Waals surface area contributed by atoms with Gasteiger partial charge in [0.15, 0.2) is 0 Å². The van der Waals surface area contributed by atoms with Gasteiger partial charge in [0.1, 0.15) is 5.76 Å². The van der Waals surface area contributed by atoms with Gasteiger partial charge in [-0.15, -0.1) is 11.3 Å².